The lowest BCUT2D eigenvalue weighted by Crippen LogP contribution is -2.32. The number of amides is 2. The monoisotopic (exact) mass is 391 g/mol. The molecule has 24 heavy (non-hydrogen) atoms. The highest BCUT2D eigenvalue weighted by atomic mass is 79.9. The molecule has 2 rings (SSSR count). The third kappa shape index (κ3) is 4.82. The minimum Gasteiger partial charge on any atom is -0.507 e. The summed E-state index contributed by atoms with van der Waals surface area (Å²) in [5.74, 6) is -1.16. The molecule has 0 unspecified atom stereocenters. The lowest BCUT2D eigenvalue weighted by molar-refractivity contribution is -0.136. The van der Waals surface area contributed by atoms with Gasteiger partial charge in [0, 0.05) is 15.7 Å². The van der Waals surface area contributed by atoms with Crippen molar-refractivity contribution >= 4 is 39.6 Å². The number of carbonyl (C=O) groups is 2. The van der Waals surface area contributed by atoms with Crippen LogP contribution in [0.4, 0.5) is 5.69 Å². The van der Waals surface area contributed by atoms with Crippen molar-refractivity contribution in [2.24, 2.45) is 5.10 Å². The van der Waals surface area contributed by atoms with Crippen molar-refractivity contribution < 1.29 is 19.4 Å². The first kappa shape index (κ1) is 17.5. The van der Waals surface area contributed by atoms with E-state index in [2.05, 4.69) is 31.8 Å². The van der Waals surface area contributed by atoms with Crippen molar-refractivity contribution in [2.75, 3.05) is 12.4 Å². The Bertz CT molecular complexity index is 775. The van der Waals surface area contributed by atoms with Crippen LogP contribution in [0.15, 0.2) is 52.0 Å². The molecule has 3 N–H and O–H groups in total. The highest BCUT2D eigenvalue weighted by molar-refractivity contribution is 9.10. The van der Waals surface area contributed by atoms with E-state index in [-0.39, 0.29) is 5.75 Å². The molecule has 0 saturated heterocycles. The fourth-order valence-corrected chi connectivity index (χ4v) is 2.08. The number of phenols is 1. The van der Waals surface area contributed by atoms with Crippen LogP contribution in [-0.2, 0) is 9.59 Å². The second kappa shape index (κ2) is 8.11. The summed E-state index contributed by atoms with van der Waals surface area (Å²) in [6.07, 6.45) is 1.23. The van der Waals surface area contributed by atoms with Crippen LogP contribution in [0.2, 0.25) is 0 Å². The molecule has 2 amide bonds. The number of nitrogens with one attached hydrogen (secondary N) is 2. The van der Waals surface area contributed by atoms with E-state index in [9.17, 15) is 14.7 Å². The summed E-state index contributed by atoms with van der Waals surface area (Å²) in [5, 5.41) is 15.7. The van der Waals surface area contributed by atoms with Gasteiger partial charge in [-0.15, -0.1) is 0 Å². The molecule has 8 heteroatoms. The fourth-order valence-electron chi connectivity index (χ4n) is 1.70. The Kier molecular flexibility index (Phi) is 5.91. The summed E-state index contributed by atoms with van der Waals surface area (Å²) in [5.41, 5.74) is 2.93. The number of hydrogen-bond acceptors (Lipinski definition) is 5. The zero-order valence-electron chi connectivity index (χ0n) is 12.6. The topological polar surface area (TPSA) is 100 Å². The summed E-state index contributed by atoms with van der Waals surface area (Å²) in [7, 11) is 1.53. The van der Waals surface area contributed by atoms with E-state index in [0.29, 0.717) is 17.0 Å². The van der Waals surface area contributed by atoms with Gasteiger partial charge in [0.2, 0.25) is 0 Å². The highest BCUT2D eigenvalue weighted by Crippen LogP contribution is 2.20. The fraction of sp³-hybridized carbons (Fsp3) is 0.0625. The van der Waals surface area contributed by atoms with E-state index in [0.717, 1.165) is 4.47 Å². The molecule has 2 aromatic rings. The number of hydrogen-bond donors (Lipinski definition) is 3. The smallest absolute Gasteiger partial charge is 0.329 e. The van der Waals surface area contributed by atoms with Crippen LogP contribution in [0.1, 0.15) is 5.56 Å². The molecule has 0 aliphatic rings. The van der Waals surface area contributed by atoms with Crippen LogP contribution in [0.5, 0.6) is 11.5 Å². The van der Waals surface area contributed by atoms with Crippen LogP contribution in [0.25, 0.3) is 0 Å². The van der Waals surface area contributed by atoms with Crippen LogP contribution in [-0.4, -0.2) is 30.2 Å². The molecule has 7 nitrogen and oxygen atoms in total. The molecule has 0 aliphatic heterocycles. The van der Waals surface area contributed by atoms with Gasteiger partial charge in [0.25, 0.3) is 0 Å². The van der Waals surface area contributed by atoms with Crippen molar-refractivity contribution in [3.63, 3.8) is 0 Å². The Morgan fingerprint density at radius 3 is 2.54 bits per heavy atom. The van der Waals surface area contributed by atoms with E-state index in [1.165, 1.54) is 19.4 Å². The van der Waals surface area contributed by atoms with E-state index >= 15 is 0 Å². The van der Waals surface area contributed by atoms with Gasteiger partial charge in [0.05, 0.1) is 13.3 Å². The molecule has 0 radical (unpaired) electrons. The molecule has 0 aromatic heterocycles. The van der Waals surface area contributed by atoms with Gasteiger partial charge in [-0.3, -0.25) is 9.59 Å². The van der Waals surface area contributed by atoms with E-state index in [4.69, 9.17) is 4.74 Å². The van der Waals surface area contributed by atoms with Crippen LogP contribution < -0.4 is 15.5 Å². The largest absolute Gasteiger partial charge is 0.507 e. The minimum atomic E-state index is -0.934. The molecule has 0 heterocycles. The summed E-state index contributed by atoms with van der Waals surface area (Å²) < 4.78 is 5.74. The number of methoxy groups -OCH3 is 1. The zero-order valence-corrected chi connectivity index (χ0v) is 14.2. The summed E-state index contributed by atoms with van der Waals surface area (Å²) >= 11 is 3.25. The number of nitrogens with zero attached hydrogens (tertiary/aromatic N) is 1. The molecule has 0 aliphatic carbocycles. The number of carbonyl (C=O) groups excluding carboxylic acids is 2. The molecule has 0 saturated carbocycles. The van der Waals surface area contributed by atoms with Gasteiger partial charge in [0.15, 0.2) is 0 Å². The van der Waals surface area contributed by atoms with Gasteiger partial charge in [-0.05, 0) is 42.5 Å². The molecular weight excluding hydrogens is 378 g/mol. The number of aromatic hydroxyl groups is 1. The Morgan fingerprint density at radius 1 is 1.17 bits per heavy atom. The number of hydrazone groups is 1. The number of benzene rings is 2. The molecule has 0 atom stereocenters. The molecule has 0 spiro atoms. The third-order valence-electron chi connectivity index (χ3n) is 2.91. The highest BCUT2D eigenvalue weighted by Gasteiger charge is 2.12. The predicted molar refractivity (Wildman–Crippen MR) is 93.2 cm³/mol. The van der Waals surface area contributed by atoms with Crippen molar-refractivity contribution in [3.05, 3.63) is 52.5 Å². The summed E-state index contributed by atoms with van der Waals surface area (Å²) in [6, 6.07) is 11.3. The maximum atomic E-state index is 11.7. The first-order valence-corrected chi connectivity index (χ1v) is 7.56. The number of phenolic OH excluding ortho intramolecular Hbond substituents is 1. The number of rotatable bonds is 4. The second-order valence-electron chi connectivity index (χ2n) is 4.58. The first-order chi connectivity index (χ1) is 11.5. The third-order valence-corrected chi connectivity index (χ3v) is 3.41. The predicted octanol–water partition coefficient (Wildman–Crippen LogP) is 2.25. The van der Waals surface area contributed by atoms with Gasteiger partial charge < -0.3 is 15.2 Å². The van der Waals surface area contributed by atoms with Crippen molar-refractivity contribution in [1.82, 2.24) is 5.43 Å². The molecule has 0 fully saturated rings. The Morgan fingerprint density at radius 2 is 1.88 bits per heavy atom. The van der Waals surface area contributed by atoms with E-state index in [1.54, 1.807) is 36.4 Å². The Hall–Kier alpha value is -2.87. The van der Waals surface area contributed by atoms with Gasteiger partial charge in [-0.2, -0.15) is 5.10 Å². The molecular formula is C16H14BrN3O4. The van der Waals surface area contributed by atoms with Crippen LogP contribution in [0.3, 0.4) is 0 Å². The maximum absolute atomic E-state index is 11.7. The van der Waals surface area contributed by atoms with Crippen molar-refractivity contribution in [1.29, 1.82) is 0 Å². The summed E-state index contributed by atoms with van der Waals surface area (Å²) in [6.45, 7) is 0. The Balaban J connectivity index is 1.92. The lowest BCUT2D eigenvalue weighted by atomic mass is 10.2. The second-order valence-corrected chi connectivity index (χ2v) is 5.50. The maximum Gasteiger partial charge on any atom is 0.329 e. The van der Waals surface area contributed by atoms with Gasteiger partial charge in [-0.1, -0.05) is 15.9 Å². The Labute approximate surface area is 146 Å². The van der Waals surface area contributed by atoms with Gasteiger partial charge >= 0.3 is 11.8 Å². The number of anilines is 1. The normalized spacial score (nSPS) is 10.4. The molecule has 0 bridgehead atoms. The van der Waals surface area contributed by atoms with E-state index < -0.39 is 11.8 Å². The van der Waals surface area contributed by atoms with E-state index in [1.807, 2.05) is 0 Å². The number of halogens is 1. The van der Waals surface area contributed by atoms with Crippen LogP contribution >= 0.6 is 15.9 Å². The first-order valence-electron chi connectivity index (χ1n) is 6.76. The molecule has 124 valence electrons. The molecule has 2 aromatic carbocycles. The van der Waals surface area contributed by atoms with Gasteiger partial charge in [0.1, 0.15) is 11.5 Å². The quantitative estimate of drug-likeness (QED) is 0.422. The van der Waals surface area contributed by atoms with Crippen molar-refractivity contribution in [3.8, 4) is 11.5 Å². The minimum absolute atomic E-state index is 0.00103. The SMILES string of the molecule is COc1ccc(NC(=O)C(=O)N/N=C/c2cc(Br)ccc2O)cc1. The van der Waals surface area contributed by atoms with Crippen LogP contribution in [0, 0.1) is 0 Å². The number of ether oxygens (including phenoxy) is 1. The lowest BCUT2D eigenvalue weighted by Gasteiger charge is -2.05. The summed E-state index contributed by atoms with van der Waals surface area (Å²) in [4.78, 5) is 23.4. The average molecular weight is 392 g/mol. The average Bonchev–Trinajstić information content (AvgIpc) is 2.58. The van der Waals surface area contributed by atoms with Gasteiger partial charge in [-0.25, -0.2) is 5.43 Å². The standard InChI is InChI=1S/C16H14BrN3O4/c1-24-13-5-3-12(4-6-13)19-15(22)16(23)20-18-9-10-8-11(17)2-7-14(10)21/h2-9,21H,1H3,(H,19,22)(H,20,23)/b18-9+. The van der Waals surface area contributed by atoms with Crippen molar-refractivity contribution in [2.45, 2.75) is 0 Å². The zero-order chi connectivity index (χ0) is 17.5.